The number of nitrogens with zero attached hydrogens (tertiary/aromatic N) is 1. The SMILES string of the molecule is C=CCNC(=S)N/N=C\c1ccc(OCc2c(Cl)cccc2Cl)cc1. The molecule has 0 aromatic heterocycles. The van der Waals surface area contributed by atoms with E-state index in [0.717, 1.165) is 11.1 Å². The van der Waals surface area contributed by atoms with Crippen LogP contribution in [-0.2, 0) is 6.61 Å². The Morgan fingerprint density at radius 3 is 2.48 bits per heavy atom. The fourth-order valence-electron chi connectivity index (χ4n) is 1.85. The van der Waals surface area contributed by atoms with Gasteiger partial charge < -0.3 is 10.1 Å². The van der Waals surface area contributed by atoms with E-state index in [0.29, 0.717) is 34.1 Å². The summed E-state index contributed by atoms with van der Waals surface area (Å²) in [6.45, 7) is 4.49. The van der Waals surface area contributed by atoms with Crippen LogP contribution in [-0.4, -0.2) is 17.9 Å². The van der Waals surface area contributed by atoms with E-state index in [2.05, 4.69) is 22.4 Å². The number of rotatable bonds is 7. The van der Waals surface area contributed by atoms with Crippen molar-refractivity contribution >= 4 is 46.7 Å². The highest BCUT2D eigenvalue weighted by atomic mass is 35.5. The van der Waals surface area contributed by atoms with Gasteiger partial charge in [0, 0.05) is 22.2 Å². The molecule has 7 heteroatoms. The van der Waals surface area contributed by atoms with Gasteiger partial charge in [0.1, 0.15) is 12.4 Å². The molecule has 0 saturated carbocycles. The second-order valence-corrected chi connectivity index (χ2v) is 6.15. The van der Waals surface area contributed by atoms with Crippen molar-refractivity contribution in [2.24, 2.45) is 5.10 Å². The van der Waals surface area contributed by atoms with Crippen molar-refractivity contribution in [2.45, 2.75) is 6.61 Å². The van der Waals surface area contributed by atoms with E-state index < -0.39 is 0 Å². The Morgan fingerprint density at radius 2 is 1.84 bits per heavy atom. The summed E-state index contributed by atoms with van der Waals surface area (Å²) in [5.41, 5.74) is 4.39. The normalized spacial score (nSPS) is 10.5. The number of hydrogen-bond donors (Lipinski definition) is 2. The van der Waals surface area contributed by atoms with Crippen molar-refractivity contribution < 1.29 is 4.74 Å². The summed E-state index contributed by atoms with van der Waals surface area (Å²) in [5.74, 6) is 0.712. The molecule has 2 aromatic carbocycles. The molecule has 0 radical (unpaired) electrons. The van der Waals surface area contributed by atoms with Gasteiger partial charge in [0.25, 0.3) is 0 Å². The molecule has 2 aromatic rings. The van der Waals surface area contributed by atoms with Crippen LogP contribution in [0.5, 0.6) is 5.75 Å². The van der Waals surface area contributed by atoms with Crippen LogP contribution in [0.1, 0.15) is 11.1 Å². The van der Waals surface area contributed by atoms with Crippen LogP contribution in [0.15, 0.2) is 60.2 Å². The summed E-state index contributed by atoms with van der Waals surface area (Å²) in [5, 5.41) is 8.58. The number of thiocarbonyl (C=S) groups is 1. The van der Waals surface area contributed by atoms with Crippen LogP contribution in [0.2, 0.25) is 10.0 Å². The fourth-order valence-corrected chi connectivity index (χ4v) is 2.49. The number of halogens is 2. The largest absolute Gasteiger partial charge is 0.489 e. The number of nitrogens with one attached hydrogen (secondary N) is 2. The van der Waals surface area contributed by atoms with Crippen molar-refractivity contribution in [1.82, 2.24) is 10.7 Å². The highest BCUT2D eigenvalue weighted by Crippen LogP contribution is 2.25. The molecular formula is C18H17Cl2N3OS. The van der Waals surface area contributed by atoms with Gasteiger partial charge in [-0.1, -0.05) is 35.3 Å². The maximum Gasteiger partial charge on any atom is 0.187 e. The van der Waals surface area contributed by atoms with Crippen LogP contribution in [0, 0.1) is 0 Å². The lowest BCUT2D eigenvalue weighted by Crippen LogP contribution is -2.31. The molecule has 4 nitrogen and oxygen atoms in total. The Bertz CT molecular complexity index is 743. The fraction of sp³-hybridized carbons (Fsp3) is 0.111. The minimum absolute atomic E-state index is 0.302. The van der Waals surface area contributed by atoms with Gasteiger partial charge in [0.2, 0.25) is 0 Å². The molecule has 25 heavy (non-hydrogen) atoms. The van der Waals surface area contributed by atoms with E-state index in [-0.39, 0.29) is 0 Å². The molecule has 0 aliphatic rings. The Kier molecular flexibility index (Phi) is 7.73. The maximum atomic E-state index is 6.13. The first-order chi connectivity index (χ1) is 12.1. The van der Waals surface area contributed by atoms with Gasteiger partial charge in [-0.3, -0.25) is 5.43 Å². The minimum Gasteiger partial charge on any atom is -0.489 e. The second-order valence-electron chi connectivity index (χ2n) is 4.93. The summed E-state index contributed by atoms with van der Waals surface area (Å²) >= 11 is 17.3. The van der Waals surface area contributed by atoms with E-state index in [1.165, 1.54) is 0 Å². The molecule has 0 amide bonds. The number of hydrogen-bond acceptors (Lipinski definition) is 3. The van der Waals surface area contributed by atoms with Crippen molar-refractivity contribution in [3.8, 4) is 5.75 Å². The van der Waals surface area contributed by atoms with Crippen molar-refractivity contribution in [1.29, 1.82) is 0 Å². The second kappa shape index (κ2) is 10.0. The van der Waals surface area contributed by atoms with E-state index in [4.69, 9.17) is 40.2 Å². The van der Waals surface area contributed by atoms with E-state index in [9.17, 15) is 0 Å². The summed E-state index contributed by atoms with van der Waals surface area (Å²) in [4.78, 5) is 0. The van der Waals surface area contributed by atoms with Crippen molar-refractivity contribution in [2.75, 3.05) is 6.54 Å². The Balaban J connectivity index is 1.87. The lowest BCUT2D eigenvalue weighted by molar-refractivity contribution is 0.306. The molecule has 0 unspecified atom stereocenters. The lowest BCUT2D eigenvalue weighted by Gasteiger charge is -2.09. The number of hydrazone groups is 1. The molecule has 0 aliphatic carbocycles. The molecule has 0 bridgehead atoms. The lowest BCUT2D eigenvalue weighted by atomic mass is 10.2. The molecule has 130 valence electrons. The van der Waals surface area contributed by atoms with Gasteiger partial charge in [-0.05, 0) is 54.2 Å². The predicted molar refractivity (Wildman–Crippen MR) is 109 cm³/mol. The first kappa shape index (κ1) is 19.2. The van der Waals surface area contributed by atoms with Crippen molar-refractivity contribution in [3.63, 3.8) is 0 Å². The van der Waals surface area contributed by atoms with Crippen LogP contribution < -0.4 is 15.5 Å². The minimum atomic E-state index is 0.302. The first-order valence-electron chi connectivity index (χ1n) is 7.43. The molecule has 0 atom stereocenters. The van der Waals surface area contributed by atoms with Gasteiger partial charge in [0.15, 0.2) is 5.11 Å². The summed E-state index contributed by atoms with van der Waals surface area (Å²) in [7, 11) is 0. The third kappa shape index (κ3) is 6.38. The number of ether oxygens (including phenoxy) is 1. The summed E-state index contributed by atoms with van der Waals surface area (Å²) < 4.78 is 5.73. The van der Waals surface area contributed by atoms with Gasteiger partial charge in [-0.15, -0.1) is 6.58 Å². The third-order valence-corrected chi connectivity index (χ3v) is 4.06. The molecule has 0 saturated heterocycles. The quantitative estimate of drug-likeness (QED) is 0.313. The molecular weight excluding hydrogens is 377 g/mol. The van der Waals surface area contributed by atoms with Crippen molar-refractivity contribution in [3.05, 3.63) is 76.3 Å². The Labute approximate surface area is 162 Å². The standard InChI is InChI=1S/C18H17Cl2N3OS/c1-2-10-21-18(25)23-22-11-13-6-8-14(9-7-13)24-12-15-16(19)4-3-5-17(15)20/h2-9,11H,1,10,12H2,(H2,21,23,25)/b22-11-. The average molecular weight is 394 g/mol. The monoisotopic (exact) mass is 393 g/mol. The maximum absolute atomic E-state index is 6.13. The summed E-state index contributed by atoms with van der Waals surface area (Å²) in [6.07, 6.45) is 3.38. The average Bonchev–Trinajstić information content (AvgIpc) is 2.61. The molecule has 0 aliphatic heterocycles. The van der Waals surface area contributed by atoms with Crippen LogP contribution >= 0.6 is 35.4 Å². The number of benzene rings is 2. The van der Waals surface area contributed by atoms with E-state index in [1.54, 1.807) is 30.5 Å². The molecule has 2 N–H and O–H groups in total. The third-order valence-electron chi connectivity index (χ3n) is 3.11. The van der Waals surface area contributed by atoms with Crippen LogP contribution in [0.25, 0.3) is 0 Å². The zero-order chi connectivity index (χ0) is 18.1. The molecule has 2 rings (SSSR count). The van der Waals surface area contributed by atoms with Gasteiger partial charge >= 0.3 is 0 Å². The zero-order valence-corrected chi connectivity index (χ0v) is 15.7. The highest BCUT2D eigenvalue weighted by molar-refractivity contribution is 7.80. The zero-order valence-electron chi connectivity index (χ0n) is 13.3. The van der Waals surface area contributed by atoms with E-state index >= 15 is 0 Å². The summed E-state index contributed by atoms with van der Waals surface area (Å²) in [6, 6.07) is 12.8. The molecule has 0 fully saturated rings. The van der Waals surface area contributed by atoms with Gasteiger partial charge in [-0.2, -0.15) is 5.10 Å². The first-order valence-corrected chi connectivity index (χ1v) is 8.60. The smallest absolute Gasteiger partial charge is 0.187 e. The van der Waals surface area contributed by atoms with Crippen LogP contribution in [0.3, 0.4) is 0 Å². The molecule has 0 heterocycles. The molecule has 0 spiro atoms. The van der Waals surface area contributed by atoms with Crippen LogP contribution in [0.4, 0.5) is 0 Å². The Hall–Kier alpha value is -2.08. The van der Waals surface area contributed by atoms with E-state index in [1.807, 2.05) is 24.3 Å². The van der Waals surface area contributed by atoms with Gasteiger partial charge in [0.05, 0.1) is 6.21 Å². The topological polar surface area (TPSA) is 45.7 Å². The predicted octanol–water partition coefficient (Wildman–Crippen LogP) is 4.56. The Morgan fingerprint density at radius 1 is 1.16 bits per heavy atom. The highest BCUT2D eigenvalue weighted by Gasteiger charge is 2.06. The van der Waals surface area contributed by atoms with Gasteiger partial charge in [-0.25, -0.2) is 0 Å².